The van der Waals surface area contributed by atoms with Crippen molar-refractivity contribution in [1.29, 1.82) is 0 Å². The Kier molecular flexibility index (Phi) is 2.54. The molecule has 4 nitrogen and oxygen atoms in total. The number of nitrogens with two attached hydrogens (primary N) is 1. The number of rotatable bonds is 1. The lowest BCUT2D eigenvalue weighted by Gasteiger charge is -2.15. The summed E-state index contributed by atoms with van der Waals surface area (Å²) < 4.78 is 2.39. The van der Waals surface area contributed by atoms with Crippen molar-refractivity contribution < 1.29 is 0 Å². The number of fused-ring (bicyclic) bond motifs is 1. The van der Waals surface area contributed by atoms with Crippen LogP contribution in [-0.4, -0.2) is 14.5 Å². The van der Waals surface area contributed by atoms with Gasteiger partial charge in [0.15, 0.2) is 0 Å². The third-order valence-electron chi connectivity index (χ3n) is 4.23. The van der Waals surface area contributed by atoms with Crippen molar-refractivity contribution in [2.24, 2.45) is 0 Å². The zero-order chi connectivity index (χ0) is 12.9. The summed E-state index contributed by atoms with van der Waals surface area (Å²) in [6, 6.07) is 0.592. The normalized spacial score (nSPS) is 16.8. The average molecular weight is 244 g/mol. The van der Waals surface area contributed by atoms with E-state index in [2.05, 4.69) is 28.4 Å². The van der Waals surface area contributed by atoms with Crippen LogP contribution in [0.5, 0.6) is 0 Å². The van der Waals surface area contributed by atoms with Crippen LogP contribution in [0.2, 0.25) is 0 Å². The summed E-state index contributed by atoms with van der Waals surface area (Å²) in [5.41, 5.74) is 9.63. The molecule has 2 aromatic heterocycles. The summed E-state index contributed by atoms with van der Waals surface area (Å²) in [4.78, 5) is 8.93. The zero-order valence-corrected chi connectivity index (χ0v) is 11.3. The van der Waals surface area contributed by atoms with E-state index in [1.165, 1.54) is 36.9 Å². The fraction of sp³-hybridized carbons (Fsp3) is 0.571. The minimum absolute atomic E-state index is 0.592. The molecule has 0 aromatic carbocycles. The average Bonchev–Trinajstić information content (AvgIpc) is 2.88. The summed E-state index contributed by atoms with van der Waals surface area (Å²) in [6.07, 6.45) is 5.16. The van der Waals surface area contributed by atoms with Crippen molar-refractivity contribution in [3.8, 4) is 0 Å². The molecule has 1 aliphatic rings. The second-order valence-corrected chi connectivity index (χ2v) is 5.37. The van der Waals surface area contributed by atoms with Crippen LogP contribution in [-0.2, 0) is 0 Å². The molecule has 3 rings (SSSR count). The molecule has 0 atom stereocenters. The molecule has 2 aromatic rings. The molecule has 0 amide bonds. The van der Waals surface area contributed by atoms with E-state index in [-0.39, 0.29) is 0 Å². The Morgan fingerprint density at radius 3 is 2.44 bits per heavy atom. The third kappa shape index (κ3) is 1.51. The van der Waals surface area contributed by atoms with E-state index in [1.807, 2.05) is 6.92 Å². The van der Waals surface area contributed by atoms with Gasteiger partial charge in [0.1, 0.15) is 17.3 Å². The number of aromatic nitrogens is 3. The van der Waals surface area contributed by atoms with E-state index >= 15 is 0 Å². The van der Waals surface area contributed by atoms with E-state index in [0.29, 0.717) is 11.9 Å². The highest BCUT2D eigenvalue weighted by atomic mass is 15.1. The lowest BCUT2D eigenvalue weighted by molar-refractivity contribution is 0.520. The highest BCUT2D eigenvalue weighted by Crippen LogP contribution is 2.37. The maximum absolute atomic E-state index is 6.07. The molecule has 2 heterocycles. The number of hydrogen-bond donors (Lipinski definition) is 1. The molecule has 1 fully saturated rings. The van der Waals surface area contributed by atoms with Crippen LogP contribution in [0.3, 0.4) is 0 Å². The molecule has 0 saturated heterocycles. The largest absolute Gasteiger partial charge is 0.383 e. The van der Waals surface area contributed by atoms with Gasteiger partial charge in [0, 0.05) is 11.7 Å². The van der Waals surface area contributed by atoms with E-state index in [9.17, 15) is 0 Å². The first-order valence-corrected chi connectivity index (χ1v) is 6.71. The van der Waals surface area contributed by atoms with Crippen LogP contribution in [0.1, 0.15) is 48.8 Å². The standard InChI is InChI=1S/C14H20N4/c1-8-9(2)18(11-6-4-5-7-11)14-12(8)13(15)16-10(3)17-14/h11H,4-7H2,1-3H3,(H2,15,16,17). The van der Waals surface area contributed by atoms with Crippen LogP contribution in [0, 0.1) is 20.8 Å². The van der Waals surface area contributed by atoms with Gasteiger partial charge < -0.3 is 10.3 Å². The van der Waals surface area contributed by atoms with Crippen molar-refractivity contribution >= 4 is 16.9 Å². The second kappa shape index (κ2) is 3.97. The maximum Gasteiger partial charge on any atom is 0.146 e. The number of nitrogens with zero attached hydrogens (tertiary/aromatic N) is 3. The van der Waals surface area contributed by atoms with Gasteiger partial charge in [-0.2, -0.15) is 0 Å². The molecule has 2 N–H and O–H groups in total. The number of anilines is 1. The quantitative estimate of drug-likeness (QED) is 0.838. The molecular formula is C14H20N4. The molecule has 18 heavy (non-hydrogen) atoms. The highest BCUT2D eigenvalue weighted by molar-refractivity contribution is 5.91. The second-order valence-electron chi connectivity index (χ2n) is 5.37. The molecule has 0 unspecified atom stereocenters. The smallest absolute Gasteiger partial charge is 0.146 e. The summed E-state index contributed by atoms with van der Waals surface area (Å²) in [6.45, 7) is 6.20. The molecule has 0 radical (unpaired) electrons. The van der Waals surface area contributed by atoms with Crippen LogP contribution in [0.25, 0.3) is 11.0 Å². The minimum atomic E-state index is 0.592. The van der Waals surface area contributed by atoms with Crippen molar-refractivity contribution in [2.45, 2.75) is 52.5 Å². The van der Waals surface area contributed by atoms with Gasteiger partial charge in [-0.1, -0.05) is 12.8 Å². The SMILES string of the molecule is Cc1nc(N)c2c(C)c(C)n(C3CCCC3)c2n1. The van der Waals surface area contributed by atoms with Crippen LogP contribution in [0.4, 0.5) is 5.82 Å². The topological polar surface area (TPSA) is 56.7 Å². The fourth-order valence-corrected chi connectivity index (χ4v) is 3.24. The number of aryl methyl sites for hydroxylation is 2. The number of nitrogen functional groups attached to an aromatic ring is 1. The Morgan fingerprint density at radius 1 is 1.11 bits per heavy atom. The van der Waals surface area contributed by atoms with Crippen molar-refractivity contribution in [1.82, 2.24) is 14.5 Å². The summed E-state index contributed by atoms with van der Waals surface area (Å²) in [5.74, 6) is 1.38. The lowest BCUT2D eigenvalue weighted by Crippen LogP contribution is -2.08. The van der Waals surface area contributed by atoms with Gasteiger partial charge in [-0.05, 0) is 39.2 Å². The van der Waals surface area contributed by atoms with Crippen molar-refractivity contribution in [3.05, 3.63) is 17.1 Å². The Balaban J connectivity index is 2.33. The van der Waals surface area contributed by atoms with Gasteiger partial charge in [0.25, 0.3) is 0 Å². The first-order valence-electron chi connectivity index (χ1n) is 6.71. The van der Waals surface area contributed by atoms with Gasteiger partial charge in [-0.3, -0.25) is 0 Å². The maximum atomic E-state index is 6.07. The molecular weight excluding hydrogens is 224 g/mol. The zero-order valence-electron chi connectivity index (χ0n) is 11.3. The monoisotopic (exact) mass is 244 g/mol. The van der Waals surface area contributed by atoms with E-state index < -0.39 is 0 Å². The summed E-state index contributed by atoms with van der Waals surface area (Å²) in [7, 11) is 0. The molecule has 0 aliphatic heterocycles. The predicted molar refractivity (Wildman–Crippen MR) is 73.7 cm³/mol. The van der Waals surface area contributed by atoms with E-state index in [4.69, 9.17) is 5.73 Å². The fourth-order valence-electron chi connectivity index (χ4n) is 3.24. The summed E-state index contributed by atoms with van der Waals surface area (Å²) in [5, 5.41) is 1.05. The third-order valence-corrected chi connectivity index (χ3v) is 4.23. The van der Waals surface area contributed by atoms with Crippen LogP contribution >= 0.6 is 0 Å². The van der Waals surface area contributed by atoms with Crippen LogP contribution < -0.4 is 5.73 Å². The van der Waals surface area contributed by atoms with E-state index in [1.54, 1.807) is 0 Å². The Morgan fingerprint density at radius 2 is 1.78 bits per heavy atom. The first kappa shape index (κ1) is 11.5. The van der Waals surface area contributed by atoms with Crippen molar-refractivity contribution in [2.75, 3.05) is 5.73 Å². The van der Waals surface area contributed by atoms with Gasteiger partial charge in [0.2, 0.25) is 0 Å². The predicted octanol–water partition coefficient (Wildman–Crippen LogP) is 3.05. The Bertz CT molecular complexity index is 606. The lowest BCUT2D eigenvalue weighted by atomic mass is 10.2. The molecule has 1 saturated carbocycles. The molecule has 0 bridgehead atoms. The van der Waals surface area contributed by atoms with Gasteiger partial charge in [-0.15, -0.1) is 0 Å². The Labute approximate surface area is 107 Å². The molecule has 0 spiro atoms. The van der Waals surface area contributed by atoms with Crippen molar-refractivity contribution in [3.63, 3.8) is 0 Å². The van der Waals surface area contributed by atoms with E-state index in [0.717, 1.165) is 16.9 Å². The Hall–Kier alpha value is -1.58. The van der Waals surface area contributed by atoms with Gasteiger partial charge >= 0.3 is 0 Å². The summed E-state index contributed by atoms with van der Waals surface area (Å²) >= 11 is 0. The molecule has 96 valence electrons. The molecule has 1 aliphatic carbocycles. The minimum Gasteiger partial charge on any atom is -0.383 e. The first-order chi connectivity index (χ1) is 8.59. The van der Waals surface area contributed by atoms with Gasteiger partial charge in [0.05, 0.1) is 5.39 Å². The number of hydrogen-bond acceptors (Lipinski definition) is 3. The van der Waals surface area contributed by atoms with Crippen LogP contribution in [0.15, 0.2) is 0 Å². The van der Waals surface area contributed by atoms with Gasteiger partial charge in [-0.25, -0.2) is 9.97 Å². The highest BCUT2D eigenvalue weighted by Gasteiger charge is 2.24. The molecule has 4 heteroatoms.